The molecule has 0 atom stereocenters. The van der Waals surface area contributed by atoms with E-state index < -0.39 is 10.8 Å². The topological polar surface area (TPSA) is 56.5 Å². The summed E-state index contributed by atoms with van der Waals surface area (Å²) in [5, 5.41) is 0.771. The van der Waals surface area contributed by atoms with Crippen LogP contribution in [-0.4, -0.2) is 18.7 Å². The molecular formula is C21H28O4. The quantitative estimate of drug-likeness (QED) is 0.674. The minimum Gasteiger partial charge on any atom is -0.497 e. The third-order valence-corrected chi connectivity index (χ3v) is 4.86. The minimum atomic E-state index is -0.587. The van der Waals surface area contributed by atoms with Crippen molar-refractivity contribution < 1.29 is 18.7 Å². The van der Waals surface area contributed by atoms with Crippen LogP contribution >= 0.6 is 0 Å². The van der Waals surface area contributed by atoms with Crippen LogP contribution in [0.3, 0.4) is 0 Å². The first-order valence-electron chi connectivity index (χ1n) is 8.68. The number of methoxy groups -OCH3 is 1. The van der Waals surface area contributed by atoms with Gasteiger partial charge in [0.05, 0.1) is 7.11 Å². The monoisotopic (exact) mass is 344 g/mol. The Balaban J connectivity index is 2.64. The Morgan fingerprint density at radius 3 is 2.28 bits per heavy atom. The number of hydrogen-bond acceptors (Lipinski definition) is 4. The van der Waals surface area contributed by atoms with Crippen molar-refractivity contribution in [1.29, 1.82) is 0 Å². The molecular weight excluding hydrogens is 316 g/mol. The molecule has 0 aliphatic heterocycles. The molecule has 0 spiro atoms. The van der Waals surface area contributed by atoms with Crippen LogP contribution in [0.5, 0.6) is 5.75 Å². The van der Waals surface area contributed by atoms with Gasteiger partial charge in [0.1, 0.15) is 17.1 Å². The zero-order valence-electron chi connectivity index (χ0n) is 16.3. The SMILES string of the molecule is CCC(C)(C)C(=O)Cc1c(C(=O)C(C)(C)C)oc2ccc(OC)cc12. The number of carbonyl (C=O) groups excluding carboxylic acids is 2. The van der Waals surface area contributed by atoms with Gasteiger partial charge in [-0.15, -0.1) is 0 Å². The Hall–Kier alpha value is -2.10. The average molecular weight is 344 g/mol. The van der Waals surface area contributed by atoms with Gasteiger partial charge in [-0.05, 0) is 24.6 Å². The lowest BCUT2D eigenvalue weighted by Gasteiger charge is -2.21. The minimum absolute atomic E-state index is 0.0974. The van der Waals surface area contributed by atoms with Crippen LogP contribution in [0.1, 0.15) is 64.1 Å². The zero-order valence-corrected chi connectivity index (χ0v) is 16.3. The van der Waals surface area contributed by atoms with E-state index in [0.29, 0.717) is 16.9 Å². The van der Waals surface area contributed by atoms with E-state index in [9.17, 15) is 9.59 Å². The fraction of sp³-hybridized carbons (Fsp3) is 0.524. The number of hydrogen-bond donors (Lipinski definition) is 0. The van der Waals surface area contributed by atoms with Crippen molar-refractivity contribution in [3.05, 3.63) is 29.5 Å². The van der Waals surface area contributed by atoms with Crippen molar-refractivity contribution in [2.24, 2.45) is 10.8 Å². The van der Waals surface area contributed by atoms with Crippen molar-refractivity contribution in [2.75, 3.05) is 7.11 Å². The van der Waals surface area contributed by atoms with Gasteiger partial charge in [0.2, 0.25) is 5.78 Å². The molecule has 25 heavy (non-hydrogen) atoms. The highest BCUT2D eigenvalue weighted by Crippen LogP contribution is 2.35. The lowest BCUT2D eigenvalue weighted by molar-refractivity contribution is -0.126. The number of carbonyl (C=O) groups is 2. The highest BCUT2D eigenvalue weighted by atomic mass is 16.5. The normalized spacial score (nSPS) is 12.4. The Labute approximate surface area is 149 Å². The molecule has 0 aliphatic rings. The second-order valence-corrected chi connectivity index (χ2v) is 8.19. The van der Waals surface area contributed by atoms with Gasteiger partial charge in [-0.2, -0.15) is 0 Å². The van der Waals surface area contributed by atoms with Gasteiger partial charge < -0.3 is 9.15 Å². The van der Waals surface area contributed by atoms with Crippen LogP contribution in [0.15, 0.2) is 22.6 Å². The molecule has 136 valence electrons. The summed E-state index contributed by atoms with van der Waals surface area (Å²) in [6.07, 6.45) is 0.922. The predicted octanol–water partition coefficient (Wildman–Crippen LogP) is 5.22. The summed E-state index contributed by atoms with van der Waals surface area (Å²) >= 11 is 0. The lowest BCUT2D eigenvalue weighted by atomic mass is 9.81. The molecule has 4 heteroatoms. The molecule has 0 saturated heterocycles. The van der Waals surface area contributed by atoms with Gasteiger partial charge in [-0.25, -0.2) is 0 Å². The van der Waals surface area contributed by atoms with Gasteiger partial charge in [0.15, 0.2) is 5.76 Å². The third-order valence-electron chi connectivity index (χ3n) is 4.86. The Kier molecular flexibility index (Phi) is 5.12. The molecule has 0 amide bonds. The molecule has 0 fully saturated rings. The Morgan fingerprint density at radius 2 is 1.76 bits per heavy atom. The predicted molar refractivity (Wildman–Crippen MR) is 99.3 cm³/mol. The highest BCUT2D eigenvalue weighted by molar-refractivity contribution is 6.05. The van der Waals surface area contributed by atoms with Gasteiger partial charge >= 0.3 is 0 Å². The molecule has 1 heterocycles. The number of rotatable bonds is 6. The first-order chi connectivity index (χ1) is 11.5. The van der Waals surface area contributed by atoms with Crippen LogP contribution in [0, 0.1) is 10.8 Å². The van der Waals surface area contributed by atoms with E-state index in [-0.39, 0.29) is 23.7 Å². The molecule has 1 aromatic heterocycles. The molecule has 0 aliphatic carbocycles. The molecule has 0 bridgehead atoms. The summed E-state index contributed by atoms with van der Waals surface area (Å²) in [6, 6.07) is 5.41. The van der Waals surface area contributed by atoms with Gasteiger partial charge in [-0.3, -0.25) is 9.59 Å². The Bertz CT molecular complexity index is 803. The number of furan rings is 1. The molecule has 0 saturated carbocycles. The summed E-state index contributed by atoms with van der Waals surface area (Å²) in [5.74, 6) is 0.964. The summed E-state index contributed by atoms with van der Waals surface area (Å²) in [4.78, 5) is 25.7. The van der Waals surface area contributed by atoms with Crippen LogP contribution in [-0.2, 0) is 11.2 Å². The second kappa shape index (κ2) is 6.66. The number of fused-ring (bicyclic) bond motifs is 1. The van der Waals surface area contributed by atoms with E-state index >= 15 is 0 Å². The maximum absolute atomic E-state index is 12.9. The maximum atomic E-state index is 12.9. The first kappa shape index (κ1) is 19.2. The summed E-state index contributed by atoms with van der Waals surface area (Å²) in [7, 11) is 1.59. The van der Waals surface area contributed by atoms with E-state index in [1.165, 1.54) is 0 Å². The van der Waals surface area contributed by atoms with Gasteiger partial charge in [0.25, 0.3) is 0 Å². The summed E-state index contributed by atoms with van der Waals surface area (Å²) < 4.78 is 11.2. The lowest BCUT2D eigenvalue weighted by Crippen LogP contribution is -2.26. The molecule has 1 aromatic carbocycles. The van der Waals surface area contributed by atoms with E-state index in [4.69, 9.17) is 9.15 Å². The van der Waals surface area contributed by atoms with Gasteiger partial charge in [-0.1, -0.05) is 41.5 Å². The van der Waals surface area contributed by atoms with Crippen molar-refractivity contribution in [2.45, 2.75) is 54.4 Å². The fourth-order valence-electron chi connectivity index (χ4n) is 2.55. The summed E-state index contributed by atoms with van der Waals surface area (Å²) in [5.41, 5.74) is 0.242. The maximum Gasteiger partial charge on any atom is 0.203 e. The smallest absolute Gasteiger partial charge is 0.203 e. The number of benzene rings is 1. The van der Waals surface area contributed by atoms with E-state index in [0.717, 1.165) is 11.8 Å². The van der Waals surface area contributed by atoms with Crippen molar-refractivity contribution in [1.82, 2.24) is 0 Å². The zero-order chi connectivity index (χ0) is 19.0. The number of ketones is 2. The van der Waals surface area contributed by atoms with Crippen LogP contribution in [0.4, 0.5) is 0 Å². The fourth-order valence-corrected chi connectivity index (χ4v) is 2.55. The standard InChI is InChI=1S/C21H28O4/c1-8-21(5,6)17(22)12-15-14-11-13(24-7)9-10-16(14)25-18(15)19(23)20(2,3)4/h9-11H,8,12H2,1-7H3. The second-order valence-electron chi connectivity index (χ2n) is 8.19. The molecule has 0 N–H and O–H groups in total. The first-order valence-corrected chi connectivity index (χ1v) is 8.68. The van der Waals surface area contributed by atoms with Gasteiger partial charge in [0, 0.05) is 28.2 Å². The number of Topliss-reactive ketones (excluding diaryl/α,β-unsaturated/α-hetero) is 2. The Morgan fingerprint density at radius 1 is 1.12 bits per heavy atom. The molecule has 2 rings (SSSR count). The van der Waals surface area contributed by atoms with E-state index in [1.807, 2.05) is 47.6 Å². The van der Waals surface area contributed by atoms with E-state index in [1.54, 1.807) is 19.2 Å². The number of ether oxygens (including phenoxy) is 1. The average Bonchev–Trinajstić information content (AvgIpc) is 2.90. The van der Waals surface area contributed by atoms with Crippen LogP contribution in [0.25, 0.3) is 11.0 Å². The molecule has 0 radical (unpaired) electrons. The molecule has 0 unspecified atom stereocenters. The largest absolute Gasteiger partial charge is 0.497 e. The molecule has 2 aromatic rings. The van der Waals surface area contributed by atoms with Crippen LogP contribution in [0.2, 0.25) is 0 Å². The van der Waals surface area contributed by atoms with Crippen molar-refractivity contribution in [3.63, 3.8) is 0 Å². The summed E-state index contributed by atoms with van der Waals surface area (Å²) in [6.45, 7) is 11.4. The van der Waals surface area contributed by atoms with Crippen molar-refractivity contribution >= 4 is 22.5 Å². The van der Waals surface area contributed by atoms with Crippen LogP contribution < -0.4 is 4.74 Å². The molecule has 4 nitrogen and oxygen atoms in total. The highest BCUT2D eigenvalue weighted by Gasteiger charge is 2.33. The van der Waals surface area contributed by atoms with Crippen molar-refractivity contribution in [3.8, 4) is 5.75 Å². The third kappa shape index (κ3) is 3.78. The van der Waals surface area contributed by atoms with E-state index in [2.05, 4.69) is 0 Å².